The Kier molecular flexibility index (Phi) is 5.32. The number of piperazine rings is 1. The van der Waals surface area contributed by atoms with Gasteiger partial charge in [-0.1, -0.05) is 25.9 Å². The molecule has 0 aromatic carbocycles. The zero-order valence-corrected chi connectivity index (χ0v) is 15.9. The summed E-state index contributed by atoms with van der Waals surface area (Å²) in [5, 5.41) is 4.05. The Morgan fingerprint density at radius 3 is 2.36 bits per heavy atom. The molecule has 1 aliphatic rings. The molecule has 3 rings (SSSR count). The highest BCUT2D eigenvalue weighted by atomic mass is 16.5. The van der Waals surface area contributed by atoms with Crippen LogP contribution in [0, 0.1) is 13.8 Å². The molecule has 0 saturated carbocycles. The molecule has 0 unspecified atom stereocenters. The van der Waals surface area contributed by atoms with Gasteiger partial charge in [0.2, 0.25) is 5.89 Å². The fourth-order valence-corrected chi connectivity index (χ4v) is 3.27. The van der Waals surface area contributed by atoms with E-state index in [1.54, 1.807) is 0 Å². The molecule has 1 saturated heterocycles. The Labute approximate surface area is 149 Å². The van der Waals surface area contributed by atoms with Gasteiger partial charge in [0.05, 0.1) is 6.54 Å². The predicted molar refractivity (Wildman–Crippen MR) is 96.8 cm³/mol. The van der Waals surface area contributed by atoms with Gasteiger partial charge in [0, 0.05) is 43.4 Å². The van der Waals surface area contributed by atoms with Gasteiger partial charge in [-0.25, -0.2) is 9.97 Å². The van der Waals surface area contributed by atoms with Crippen molar-refractivity contribution in [3.63, 3.8) is 0 Å². The van der Waals surface area contributed by atoms with E-state index in [9.17, 15) is 0 Å². The first-order chi connectivity index (χ1) is 12.0. The second kappa shape index (κ2) is 7.47. The summed E-state index contributed by atoms with van der Waals surface area (Å²) in [5.41, 5.74) is 2.36. The van der Waals surface area contributed by atoms with Crippen molar-refractivity contribution in [2.24, 2.45) is 0 Å². The van der Waals surface area contributed by atoms with Crippen molar-refractivity contribution in [3.05, 3.63) is 28.8 Å². The standard InChI is InChI=1S/C18H28N6O/c1-6-15-13(4)19-14(5)20-18(15)24-9-7-23(8-10-24)11-16-21-17(12(2)3)22-25-16/h12H,6-11H2,1-5H3. The number of anilines is 1. The Hall–Kier alpha value is -2.02. The lowest BCUT2D eigenvalue weighted by atomic mass is 10.1. The maximum absolute atomic E-state index is 5.37. The van der Waals surface area contributed by atoms with Gasteiger partial charge in [0.25, 0.3) is 0 Å². The highest BCUT2D eigenvalue weighted by Crippen LogP contribution is 2.23. The van der Waals surface area contributed by atoms with E-state index in [0.717, 1.165) is 62.3 Å². The molecule has 0 bridgehead atoms. The lowest BCUT2D eigenvalue weighted by molar-refractivity contribution is 0.214. The van der Waals surface area contributed by atoms with Crippen LogP contribution in [0.3, 0.4) is 0 Å². The van der Waals surface area contributed by atoms with Gasteiger partial charge in [-0.15, -0.1) is 0 Å². The molecule has 0 amide bonds. The van der Waals surface area contributed by atoms with Crippen LogP contribution in [0.1, 0.15) is 55.5 Å². The van der Waals surface area contributed by atoms with Crippen LogP contribution in [0.4, 0.5) is 5.82 Å². The summed E-state index contributed by atoms with van der Waals surface area (Å²) in [7, 11) is 0. The summed E-state index contributed by atoms with van der Waals surface area (Å²) in [4.78, 5) is 18.4. The number of hydrogen-bond acceptors (Lipinski definition) is 7. The smallest absolute Gasteiger partial charge is 0.240 e. The fourth-order valence-electron chi connectivity index (χ4n) is 3.27. The van der Waals surface area contributed by atoms with Gasteiger partial charge >= 0.3 is 0 Å². The summed E-state index contributed by atoms with van der Waals surface area (Å²) in [6, 6.07) is 0. The van der Waals surface area contributed by atoms with E-state index in [1.807, 2.05) is 6.92 Å². The Bertz CT molecular complexity index is 718. The van der Waals surface area contributed by atoms with Crippen molar-refractivity contribution in [2.75, 3.05) is 31.1 Å². The Morgan fingerprint density at radius 2 is 1.76 bits per heavy atom. The molecule has 7 nitrogen and oxygen atoms in total. The van der Waals surface area contributed by atoms with Gasteiger partial charge in [0.15, 0.2) is 5.82 Å². The van der Waals surface area contributed by atoms with Crippen molar-refractivity contribution < 1.29 is 4.52 Å². The van der Waals surface area contributed by atoms with Crippen molar-refractivity contribution in [2.45, 2.75) is 53.5 Å². The first kappa shape index (κ1) is 17.8. The predicted octanol–water partition coefficient (Wildman–Crippen LogP) is 2.48. The van der Waals surface area contributed by atoms with Crippen LogP contribution >= 0.6 is 0 Å². The molecule has 0 radical (unpaired) electrons. The molecular weight excluding hydrogens is 316 g/mol. The Balaban J connectivity index is 1.64. The normalized spacial score (nSPS) is 16.0. The number of hydrogen-bond donors (Lipinski definition) is 0. The molecule has 0 atom stereocenters. The SMILES string of the molecule is CCc1c(C)nc(C)nc1N1CCN(Cc2nc(C(C)C)no2)CC1. The lowest BCUT2D eigenvalue weighted by Gasteiger charge is -2.35. The maximum Gasteiger partial charge on any atom is 0.240 e. The molecular formula is C18H28N6O. The molecule has 136 valence electrons. The quantitative estimate of drug-likeness (QED) is 0.825. The number of aromatic nitrogens is 4. The Morgan fingerprint density at radius 1 is 1.04 bits per heavy atom. The van der Waals surface area contributed by atoms with Crippen LogP contribution in [0.25, 0.3) is 0 Å². The number of nitrogens with zero attached hydrogens (tertiary/aromatic N) is 6. The monoisotopic (exact) mass is 344 g/mol. The molecule has 7 heteroatoms. The highest BCUT2D eigenvalue weighted by molar-refractivity contribution is 5.49. The largest absolute Gasteiger partial charge is 0.354 e. The molecule has 2 aromatic heterocycles. The molecule has 0 N–H and O–H groups in total. The van der Waals surface area contributed by atoms with E-state index in [0.29, 0.717) is 11.8 Å². The van der Waals surface area contributed by atoms with E-state index in [-0.39, 0.29) is 0 Å². The molecule has 2 aromatic rings. The topological polar surface area (TPSA) is 71.2 Å². The van der Waals surface area contributed by atoms with E-state index >= 15 is 0 Å². The minimum Gasteiger partial charge on any atom is -0.354 e. The average Bonchev–Trinajstić information content (AvgIpc) is 3.04. The second-order valence-electron chi connectivity index (χ2n) is 6.98. The average molecular weight is 344 g/mol. The third-order valence-corrected chi connectivity index (χ3v) is 4.69. The summed E-state index contributed by atoms with van der Waals surface area (Å²) < 4.78 is 5.37. The van der Waals surface area contributed by atoms with E-state index in [4.69, 9.17) is 9.51 Å². The number of rotatable bonds is 5. The molecule has 0 spiro atoms. The first-order valence-corrected chi connectivity index (χ1v) is 9.11. The molecule has 1 fully saturated rings. The second-order valence-corrected chi connectivity index (χ2v) is 6.98. The van der Waals surface area contributed by atoms with Crippen LogP contribution in [-0.4, -0.2) is 51.2 Å². The van der Waals surface area contributed by atoms with Gasteiger partial charge in [-0.3, -0.25) is 4.90 Å². The molecule has 1 aliphatic heterocycles. The summed E-state index contributed by atoms with van der Waals surface area (Å²) in [6.45, 7) is 14.9. The van der Waals surface area contributed by atoms with Crippen molar-refractivity contribution >= 4 is 5.82 Å². The zero-order valence-electron chi connectivity index (χ0n) is 15.9. The van der Waals surface area contributed by atoms with Crippen LogP contribution in [0.5, 0.6) is 0 Å². The van der Waals surface area contributed by atoms with Gasteiger partial charge in [0.1, 0.15) is 11.6 Å². The molecule has 3 heterocycles. The van der Waals surface area contributed by atoms with E-state index in [2.05, 4.69) is 52.6 Å². The molecule has 25 heavy (non-hydrogen) atoms. The summed E-state index contributed by atoms with van der Waals surface area (Å²) >= 11 is 0. The lowest BCUT2D eigenvalue weighted by Crippen LogP contribution is -2.46. The van der Waals surface area contributed by atoms with Gasteiger partial charge in [-0.2, -0.15) is 4.98 Å². The summed E-state index contributed by atoms with van der Waals surface area (Å²) in [5.74, 6) is 3.74. The fraction of sp³-hybridized carbons (Fsp3) is 0.667. The third-order valence-electron chi connectivity index (χ3n) is 4.69. The van der Waals surface area contributed by atoms with Crippen molar-refractivity contribution in [1.29, 1.82) is 0 Å². The van der Waals surface area contributed by atoms with Crippen LogP contribution in [0.15, 0.2) is 4.52 Å². The maximum atomic E-state index is 5.37. The van der Waals surface area contributed by atoms with Crippen LogP contribution < -0.4 is 4.90 Å². The van der Waals surface area contributed by atoms with E-state index in [1.165, 1.54) is 5.56 Å². The van der Waals surface area contributed by atoms with E-state index < -0.39 is 0 Å². The zero-order chi connectivity index (χ0) is 18.0. The van der Waals surface area contributed by atoms with Crippen LogP contribution in [0.2, 0.25) is 0 Å². The third kappa shape index (κ3) is 3.98. The highest BCUT2D eigenvalue weighted by Gasteiger charge is 2.23. The minimum atomic E-state index is 0.297. The van der Waals surface area contributed by atoms with Crippen molar-refractivity contribution in [3.8, 4) is 0 Å². The van der Waals surface area contributed by atoms with Gasteiger partial charge in [-0.05, 0) is 20.3 Å². The van der Waals surface area contributed by atoms with Gasteiger partial charge < -0.3 is 9.42 Å². The molecule has 0 aliphatic carbocycles. The minimum absolute atomic E-state index is 0.297. The number of aryl methyl sites for hydroxylation is 2. The van der Waals surface area contributed by atoms with Crippen molar-refractivity contribution in [1.82, 2.24) is 25.0 Å². The van der Waals surface area contributed by atoms with Crippen LogP contribution in [-0.2, 0) is 13.0 Å². The first-order valence-electron chi connectivity index (χ1n) is 9.11. The summed E-state index contributed by atoms with van der Waals surface area (Å²) in [6.07, 6.45) is 0.960.